The zero-order chi connectivity index (χ0) is 19.6. The fraction of sp³-hybridized carbons (Fsp3) is 0.455. The van der Waals surface area contributed by atoms with Crippen LogP contribution in [-0.4, -0.2) is 31.6 Å². The van der Waals surface area contributed by atoms with Gasteiger partial charge in [-0.2, -0.15) is 0 Å². The Morgan fingerprint density at radius 2 is 1.75 bits per heavy atom. The van der Waals surface area contributed by atoms with Crippen molar-refractivity contribution < 1.29 is 13.2 Å². The average Bonchev–Trinajstić information content (AvgIpc) is 2.73. The Balaban J connectivity index is 1.67. The predicted molar refractivity (Wildman–Crippen MR) is 109 cm³/mol. The number of benzene rings is 1. The number of hydrogen-bond acceptors (Lipinski definition) is 4. The summed E-state index contributed by atoms with van der Waals surface area (Å²) in [6, 6.07) is 12.5. The molecule has 148 valence electrons. The van der Waals surface area contributed by atoms with E-state index in [1.54, 1.807) is 29.3 Å². The molecule has 0 N–H and O–H groups in total. The third-order valence-electron chi connectivity index (χ3n) is 5.96. The maximum absolute atomic E-state index is 13.6. The Hall–Kier alpha value is -2.21. The summed E-state index contributed by atoms with van der Waals surface area (Å²) in [5, 5.41) is 0. The number of carbonyl (C=O) groups excluding carboxylic acids is 1. The molecule has 28 heavy (non-hydrogen) atoms. The molecule has 1 saturated carbocycles. The highest BCUT2D eigenvalue weighted by Gasteiger charge is 2.37. The largest absolute Gasteiger partial charge is 0.296 e. The second-order valence-corrected chi connectivity index (χ2v) is 9.92. The van der Waals surface area contributed by atoms with E-state index in [2.05, 4.69) is 4.98 Å². The SMILES string of the molecule is O=C(C1CCS(=O)(=O)c2ccccc21)N(CC1CCCCC1)c1ccccn1. The van der Waals surface area contributed by atoms with Crippen molar-refractivity contribution in [3.63, 3.8) is 0 Å². The van der Waals surface area contributed by atoms with Gasteiger partial charge in [0.05, 0.1) is 16.6 Å². The molecular weight excluding hydrogens is 372 g/mol. The van der Waals surface area contributed by atoms with Crippen LogP contribution < -0.4 is 4.90 Å². The van der Waals surface area contributed by atoms with E-state index in [0.717, 1.165) is 12.8 Å². The highest BCUT2D eigenvalue weighted by Crippen LogP contribution is 2.36. The predicted octanol–water partition coefficient (Wildman–Crippen LogP) is 3.96. The van der Waals surface area contributed by atoms with Crippen LogP contribution in [0, 0.1) is 5.92 Å². The normalized spacial score (nSPS) is 21.6. The van der Waals surface area contributed by atoms with Gasteiger partial charge >= 0.3 is 0 Å². The molecule has 2 aliphatic rings. The smallest absolute Gasteiger partial charge is 0.235 e. The van der Waals surface area contributed by atoms with E-state index in [0.29, 0.717) is 35.2 Å². The molecule has 4 rings (SSSR count). The lowest BCUT2D eigenvalue weighted by molar-refractivity contribution is -0.120. The maximum atomic E-state index is 13.6. The Morgan fingerprint density at radius 3 is 2.50 bits per heavy atom. The van der Waals surface area contributed by atoms with E-state index in [-0.39, 0.29) is 11.7 Å². The number of hydrogen-bond donors (Lipinski definition) is 0. The van der Waals surface area contributed by atoms with Crippen molar-refractivity contribution in [1.82, 2.24) is 4.98 Å². The number of aromatic nitrogens is 1. The van der Waals surface area contributed by atoms with Crippen LogP contribution in [-0.2, 0) is 14.6 Å². The monoisotopic (exact) mass is 398 g/mol. The number of nitrogens with zero attached hydrogens (tertiary/aromatic N) is 2. The Bertz CT molecular complexity index is 937. The van der Waals surface area contributed by atoms with Crippen molar-refractivity contribution >= 4 is 21.6 Å². The number of carbonyl (C=O) groups is 1. The fourth-order valence-corrected chi connectivity index (χ4v) is 6.09. The van der Waals surface area contributed by atoms with Gasteiger partial charge < -0.3 is 0 Å². The van der Waals surface area contributed by atoms with Crippen LogP contribution in [0.4, 0.5) is 5.82 Å². The van der Waals surface area contributed by atoms with Crippen LogP contribution in [0.2, 0.25) is 0 Å². The molecule has 5 nitrogen and oxygen atoms in total. The van der Waals surface area contributed by atoms with E-state index in [1.807, 2.05) is 24.3 Å². The summed E-state index contributed by atoms with van der Waals surface area (Å²) in [5.41, 5.74) is 0.628. The fourth-order valence-electron chi connectivity index (χ4n) is 4.47. The van der Waals surface area contributed by atoms with Crippen molar-refractivity contribution in [1.29, 1.82) is 0 Å². The van der Waals surface area contributed by atoms with Crippen molar-refractivity contribution in [2.24, 2.45) is 5.92 Å². The third kappa shape index (κ3) is 3.83. The van der Waals surface area contributed by atoms with Gasteiger partial charge in [-0.3, -0.25) is 9.69 Å². The van der Waals surface area contributed by atoms with Gasteiger partial charge in [-0.05, 0) is 48.9 Å². The van der Waals surface area contributed by atoms with E-state index in [4.69, 9.17) is 0 Å². The summed E-state index contributed by atoms with van der Waals surface area (Å²) in [5.74, 6) is 0.670. The lowest BCUT2D eigenvalue weighted by Crippen LogP contribution is -2.41. The maximum Gasteiger partial charge on any atom is 0.235 e. The summed E-state index contributed by atoms with van der Waals surface area (Å²) >= 11 is 0. The van der Waals surface area contributed by atoms with Gasteiger partial charge in [0.25, 0.3) is 0 Å². The van der Waals surface area contributed by atoms with E-state index in [9.17, 15) is 13.2 Å². The summed E-state index contributed by atoms with van der Waals surface area (Å²) in [6.07, 6.45) is 7.97. The molecule has 1 amide bonds. The number of rotatable bonds is 4. The molecule has 1 unspecified atom stereocenters. The van der Waals surface area contributed by atoms with Crippen molar-refractivity contribution in [3.05, 3.63) is 54.2 Å². The van der Waals surface area contributed by atoms with E-state index < -0.39 is 15.8 Å². The number of sulfone groups is 1. The summed E-state index contributed by atoms with van der Waals surface area (Å²) in [6.45, 7) is 0.654. The van der Waals surface area contributed by atoms with Gasteiger partial charge in [-0.25, -0.2) is 13.4 Å². The Labute approximate surface area is 166 Å². The quantitative estimate of drug-likeness (QED) is 0.782. The number of anilines is 1. The number of amides is 1. The lowest BCUT2D eigenvalue weighted by Gasteiger charge is -2.33. The van der Waals surface area contributed by atoms with Crippen molar-refractivity contribution in [2.75, 3.05) is 17.2 Å². The molecule has 1 aromatic carbocycles. The van der Waals surface area contributed by atoms with Gasteiger partial charge in [0.15, 0.2) is 9.84 Å². The topological polar surface area (TPSA) is 67.3 Å². The zero-order valence-corrected chi connectivity index (χ0v) is 16.8. The van der Waals surface area contributed by atoms with Crippen LogP contribution in [0.3, 0.4) is 0 Å². The van der Waals surface area contributed by atoms with Crippen molar-refractivity contribution in [3.8, 4) is 0 Å². The number of fused-ring (bicyclic) bond motifs is 1. The first-order valence-corrected chi connectivity index (χ1v) is 11.8. The Morgan fingerprint density at radius 1 is 1.00 bits per heavy atom. The second-order valence-electron chi connectivity index (χ2n) is 7.84. The highest BCUT2D eigenvalue weighted by molar-refractivity contribution is 7.91. The third-order valence-corrected chi connectivity index (χ3v) is 7.78. The van der Waals surface area contributed by atoms with Crippen molar-refractivity contribution in [2.45, 2.75) is 49.3 Å². The standard InChI is InChI=1S/C22H26N2O3S/c25-22(19-13-15-28(26,27)20-11-5-4-10-18(19)20)24(21-12-6-7-14-23-21)16-17-8-2-1-3-9-17/h4-7,10-12,14,17,19H,1-3,8-9,13,15-16H2. The van der Waals surface area contributed by atoms with Crippen LogP contribution in [0.25, 0.3) is 0 Å². The summed E-state index contributed by atoms with van der Waals surface area (Å²) < 4.78 is 24.9. The molecule has 6 heteroatoms. The lowest BCUT2D eigenvalue weighted by atomic mass is 9.88. The van der Waals surface area contributed by atoms with Crippen LogP contribution in [0.1, 0.15) is 50.0 Å². The molecule has 1 fully saturated rings. The molecular formula is C22H26N2O3S. The van der Waals surface area contributed by atoms with Gasteiger partial charge in [-0.1, -0.05) is 43.5 Å². The first kappa shape index (κ1) is 19.1. The molecule has 2 heterocycles. The van der Waals surface area contributed by atoms with E-state index >= 15 is 0 Å². The highest BCUT2D eigenvalue weighted by atomic mass is 32.2. The summed E-state index contributed by atoms with van der Waals surface area (Å²) in [4.78, 5) is 20.2. The minimum atomic E-state index is -3.31. The first-order chi connectivity index (χ1) is 13.6. The average molecular weight is 399 g/mol. The molecule has 0 saturated heterocycles. The first-order valence-electron chi connectivity index (χ1n) is 10.1. The van der Waals surface area contributed by atoms with Crippen LogP contribution in [0.15, 0.2) is 53.6 Å². The molecule has 1 aliphatic carbocycles. The molecule has 0 bridgehead atoms. The zero-order valence-electron chi connectivity index (χ0n) is 16.0. The second kappa shape index (κ2) is 8.03. The molecule has 1 atom stereocenters. The van der Waals surface area contributed by atoms with Crippen LogP contribution in [0.5, 0.6) is 0 Å². The van der Waals surface area contributed by atoms with Crippen LogP contribution >= 0.6 is 0 Å². The Kier molecular flexibility index (Phi) is 5.49. The minimum Gasteiger partial charge on any atom is -0.296 e. The molecule has 0 radical (unpaired) electrons. The van der Waals surface area contributed by atoms with Gasteiger partial charge in [-0.15, -0.1) is 0 Å². The summed E-state index contributed by atoms with van der Waals surface area (Å²) in [7, 11) is -3.31. The molecule has 1 aliphatic heterocycles. The van der Waals surface area contributed by atoms with Gasteiger partial charge in [0.1, 0.15) is 5.82 Å². The van der Waals surface area contributed by atoms with E-state index in [1.165, 1.54) is 19.3 Å². The minimum absolute atomic E-state index is 0.0138. The van der Waals surface area contributed by atoms with Gasteiger partial charge in [0.2, 0.25) is 5.91 Å². The van der Waals surface area contributed by atoms with Gasteiger partial charge in [0, 0.05) is 12.7 Å². The molecule has 2 aromatic rings. The molecule has 0 spiro atoms. The number of pyridine rings is 1. The molecule has 1 aromatic heterocycles.